The molecule has 0 atom stereocenters. The van der Waals surface area contributed by atoms with E-state index in [0.29, 0.717) is 22.3 Å². The number of nitrogens with one attached hydrogen (secondary N) is 2. The van der Waals surface area contributed by atoms with Gasteiger partial charge < -0.3 is 21.0 Å². The molecule has 0 bridgehead atoms. The van der Waals surface area contributed by atoms with Crippen molar-refractivity contribution in [3.8, 4) is 11.5 Å². The lowest BCUT2D eigenvalue weighted by molar-refractivity contribution is -0.113. The van der Waals surface area contributed by atoms with Gasteiger partial charge in [0.25, 0.3) is 5.95 Å². The summed E-state index contributed by atoms with van der Waals surface area (Å²) in [6.07, 6.45) is 3.06. The lowest BCUT2D eigenvalue weighted by atomic mass is 10.2. The predicted octanol–water partition coefficient (Wildman–Crippen LogP) is 1.28. The fourth-order valence-corrected chi connectivity index (χ4v) is 2.81. The number of aromatic nitrogens is 4. The maximum Gasteiger partial charge on any atom is 0.264 e. The van der Waals surface area contributed by atoms with Gasteiger partial charge in [0.15, 0.2) is 11.5 Å². The van der Waals surface area contributed by atoms with Crippen LogP contribution >= 0.6 is 11.8 Å². The molecule has 3 rings (SSSR count). The predicted molar refractivity (Wildman–Crippen MR) is 110 cm³/mol. The number of hydrogen-bond acceptors (Lipinski definition) is 10. The van der Waals surface area contributed by atoms with Crippen molar-refractivity contribution in [1.29, 1.82) is 0 Å². The summed E-state index contributed by atoms with van der Waals surface area (Å²) < 4.78 is 6.16. The molecular formula is C17H18N8O3S. The number of hydrazone groups is 1. The standard InChI is InChI=1S/C17H18N8O3S/c1-28-13-6-5-11(8-12(13)26)9-20-22-16-23-24-17(25(16)18)29-10-15(27)21-14-4-2-3-7-19-14/h2-9,26H,10,18H2,1H3,(H,22,23)(H,19,21,27)/b20-9+. The minimum absolute atomic E-state index is 0.00103. The summed E-state index contributed by atoms with van der Waals surface area (Å²) in [4.78, 5) is 16.0. The van der Waals surface area contributed by atoms with Crippen LogP contribution in [-0.2, 0) is 4.79 Å². The van der Waals surface area contributed by atoms with Crippen LogP contribution in [0.3, 0.4) is 0 Å². The minimum atomic E-state index is -0.247. The van der Waals surface area contributed by atoms with E-state index in [2.05, 4.69) is 31.0 Å². The molecule has 12 heteroatoms. The molecule has 0 saturated heterocycles. The van der Waals surface area contributed by atoms with Gasteiger partial charge in [-0.05, 0) is 35.9 Å². The minimum Gasteiger partial charge on any atom is -0.504 e. The lowest BCUT2D eigenvalue weighted by Crippen LogP contribution is -2.17. The second-order valence-corrected chi connectivity index (χ2v) is 6.47. The van der Waals surface area contributed by atoms with Crippen LogP contribution in [0.25, 0.3) is 0 Å². The first kappa shape index (κ1) is 19.9. The van der Waals surface area contributed by atoms with E-state index in [4.69, 9.17) is 10.6 Å². The summed E-state index contributed by atoms with van der Waals surface area (Å²) in [6.45, 7) is 0. The van der Waals surface area contributed by atoms with Crippen LogP contribution in [0, 0.1) is 0 Å². The number of carbonyl (C=O) groups is 1. The SMILES string of the molecule is COc1ccc(/C=N/Nc2nnc(SCC(=O)Nc3ccccn3)n2N)cc1O. The Morgan fingerprint density at radius 2 is 2.24 bits per heavy atom. The highest BCUT2D eigenvalue weighted by Gasteiger charge is 2.12. The highest BCUT2D eigenvalue weighted by Crippen LogP contribution is 2.25. The van der Waals surface area contributed by atoms with Crippen molar-refractivity contribution in [2.45, 2.75) is 5.16 Å². The number of phenolic OH excluding ortho intramolecular Hbond substituents is 1. The molecule has 0 aliphatic carbocycles. The first-order valence-corrected chi connectivity index (χ1v) is 9.25. The number of benzene rings is 1. The van der Waals surface area contributed by atoms with Crippen LogP contribution in [0.4, 0.5) is 11.8 Å². The Bertz CT molecular complexity index is 1010. The Morgan fingerprint density at radius 1 is 1.38 bits per heavy atom. The average Bonchev–Trinajstić information content (AvgIpc) is 3.07. The molecule has 11 nitrogen and oxygen atoms in total. The first-order valence-electron chi connectivity index (χ1n) is 8.27. The van der Waals surface area contributed by atoms with Gasteiger partial charge in [-0.1, -0.05) is 17.8 Å². The largest absolute Gasteiger partial charge is 0.504 e. The number of aromatic hydroxyl groups is 1. The highest BCUT2D eigenvalue weighted by molar-refractivity contribution is 7.99. The van der Waals surface area contributed by atoms with Crippen molar-refractivity contribution < 1.29 is 14.6 Å². The number of hydrogen-bond donors (Lipinski definition) is 4. The Morgan fingerprint density at radius 3 is 2.97 bits per heavy atom. The van der Waals surface area contributed by atoms with Gasteiger partial charge in [-0.2, -0.15) is 5.10 Å². The number of methoxy groups -OCH3 is 1. The zero-order valence-corrected chi connectivity index (χ0v) is 16.1. The Kier molecular flexibility index (Phi) is 6.47. The molecule has 0 unspecified atom stereocenters. The number of anilines is 2. The number of nitrogens with zero attached hydrogens (tertiary/aromatic N) is 5. The highest BCUT2D eigenvalue weighted by atomic mass is 32.2. The Labute approximate surface area is 170 Å². The van der Waals surface area contributed by atoms with E-state index in [1.807, 2.05) is 0 Å². The van der Waals surface area contributed by atoms with Crippen LogP contribution in [0.2, 0.25) is 0 Å². The maximum absolute atomic E-state index is 12.0. The number of amides is 1. The van der Waals surface area contributed by atoms with E-state index >= 15 is 0 Å². The van der Waals surface area contributed by atoms with Gasteiger partial charge in [0.1, 0.15) is 5.82 Å². The van der Waals surface area contributed by atoms with Crippen LogP contribution in [0.1, 0.15) is 5.56 Å². The van der Waals surface area contributed by atoms with Crippen molar-refractivity contribution in [3.05, 3.63) is 48.2 Å². The fraction of sp³-hybridized carbons (Fsp3) is 0.118. The number of rotatable bonds is 8. The smallest absolute Gasteiger partial charge is 0.264 e. The average molecular weight is 414 g/mol. The quantitative estimate of drug-likeness (QED) is 0.185. The van der Waals surface area contributed by atoms with Gasteiger partial charge in [-0.25, -0.2) is 15.1 Å². The second-order valence-electron chi connectivity index (χ2n) is 5.53. The Balaban J connectivity index is 1.53. The zero-order chi connectivity index (χ0) is 20.6. The second kappa shape index (κ2) is 9.41. The van der Waals surface area contributed by atoms with Crippen molar-refractivity contribution in [2.75, 3.05) is 29.4 Å². The van der Waals surface area contributed by atoms with Crippen molar-refractivity contribution in [3.63, 3.8) is 0 Å². The summed E-state index contributed by atoms with van der Waals surface area (Å²) >= 11 is 1.12. The molecule has 3 aromatic rings. The molecule has 1 aromatic carbocycles. The molecule has 29 heavy (non-hydrogen) atoms. The number of nitrogens with two attached hydrogens (primary N) is 1. The van der Waals surface area contributed by atoms with E-state index in [-0.39, 0.29) is 23.4 Å². The first-order chi connectivity index (χ1) is 14.1. The third-order valence-corrected chi connectivity index (χ3v) is 4.45. The number of pyridine rings is 1. The summed E-state index contributed by atoms with van der Waals surface area (Å²) in [7, 11) is 1.47. The summed E-state index contributed by atoms with van der Waals surface area (Å²) in [5.41, 5.74) is 3.29. The lowest BCUT2D eigenvalue weighted by Gasteiger charge is -2.04. The summed E-state index contributed by atoms with van der Waals surface area (Å²) in [5.74, 6) is 6.77. The van der Waals surface area contributed by atoms with E-state index in [1.165, 1.54) is 24.1 Å². The van der Waals surface area contributed by atoms with Gasteiger partial charge in [0.2, 0.25) is 11.1 Å². The van der Waals surface area contributed by atoms with Crippen LogP contribution < -0.4 is 21.3 Å². The molecule has 0 radical (unpaired) electrons. The summed E-state index contributed by atoms with van der Waals surface area (Å²) in [5, 5.41) is 24.6. The number of carbonyl (C=O) groups excluding carboxylic acids is 1. The molecule has 0 spiro atoms. The van der Waals surface area contributed by atoms with E-state index in [9.17, 15) is 9.90 Å². The number of thioether (sulfide) groups is 1. The normalized spacial score (nSPS) is 10.8. The van der Waals surface area contributed by atoms with Gasteiger partial charge >= 0.3 is 0 Å². The molecule has 1 amide bonds. The number of phenols is 1. The Hall–Kier alpha value is -3.80. The zero-order valence-electron chi connectivity index (χ0n) is 15.3. The van der Waals surface area contributed by atoms with Gasteiger partial charge in [-0.3, -0.25) is 4.79 Å². The molecule has 0 aliphatic heterocycles. The molecule has 0 aliphatic rings. The molecule has 0 fully saturated rings. The molecule has 0 saturated carbocycles. The third-order valence-electron chi connectivity index (χ3n) is 3.51. The van der Waals surface area contributed by atoms with Crippen molar-refractivity contribution in [1.82, 2.24) is 19.9 Å². The van der Waals surface area contributed by atoms with Crippen molar-refractivity contribution in [2.24, 2.45) is 5.10 Å². The van der Waals surface area contributed by atoms with Gasteiger partial charge in [0, 0.05) is 6.20 Å². The van der Waals surface area contributed by atoms with E-state index in [1.54, 1.807) is 36.5 Å². The fourth-order valence-electron chi connectivity index (χ4n) is 2.15. The van der Waals surface area contributed by atoms with E-state index < -0.39 is 0 Å². The van der Waals surface area contributed by atoms with E-state index in [0.717, 1.165) is 11.8 Å². The third kappa shape index (κ3) is 5.35. The number of nitrogen functional groups attached to an aromatic ring is 1. The topological polar surface area (TPSA) is 153 Å². The molecule has 150 valence electrons. The molecule has 5 N–H and O–H groups in total. The van der Waals surface area contributed by atoms with Gasteiger partial charge in [-0.15, -0.1) is 10.2 Å². The molecular weight excluding hydrogens is 396 g/mol. The van der Waals surface area contributed by atoms with Crippen LogP contribution in [-0.4, -0.2) is 49.9 Å². The van der Waals surface area contributed by atoms with Crippen molar-refractivity contribution >= 4 is 35.6 Å². The number of ether oxygens (including phenoxy) is 1. The molecule has 2 aromatic heterocycles. The van der Waals surface area contributed by atoms with Crippen LogP contribution in [0.5, 0.6) is 11.5 Å². The monoisotopic (exact) mass is 414 g/mol. The summed E-state index contributed by atoms with van der Waals surface area (Å²) in [6, 6.07) is 10.1. The van der Waals surface area contributed by atoms with Crippen LogP contribution in [0.15, 0.2) is 52.9 Å². The maximum atomic E-state index is 12.0. The molecule has 2 heterocycles. The van der Waals surface area contributed by atoms with Gasteiger partial charge in [0.05, 0.1) is 19.1 Å².